The van der Waals surface area contributed by atoms with Gasteiger partial charge in [0.25, 0.3) is 5.91 Å². The number of piperidine rings is 1. The van der Waals surface area contributed by atoms with Crippen molar-refractivity contribution >= 4 is 21.6 Å². The third-order valence-electron chi connectivity index (χ3n) is 5.08. The summed E-state index contributed by atoms with van der Waals surface area (Å²) in [6.45, 7) is 3.78. The zero-order chi connectivity index (χ0) is 20.0. The fraction of sp³-hybridized carbons (Fsp3) is 0.409. The number of benzene rings is 2. The van der Waals surface area contributed by atoms with E-state index >= 15 is 0 Å². The van der Waals surface area contributed by atoms with Crippen LogP contribution in [0.25, 0.3) is 0 Å². The van der Waals surface area contributed by atoms with Gasteiger partial charge < -0.3 is 4.90 Å². The Labute approximate surface area is 168 Å². The molecule has 1 aliphatic rings. The van der Waals surface area contributed by atoms with Gasteiger partial charge in [-0.1, -0.05) is 44.0 Å². The van der Waals surface area contributed by atoms with E-state index in [-0.39, 0.29) is 10.8 Å². The van der Waals surface area contributed by atoms with Crippen LogP contribution < -0.4 is 4.90 Å². The first-order chi connectivity index (χ1) is 13.5. The molecule has 5 nitrogen and oxygen atoms in total. The van der Waals surface area contributed by atoms with Gasteiger partial charge in [0.2, 0.25) is 10.0 Å². The molecular formula is C22H28N2O3S. The maximum absolute atomic E-state index is 13.2. The molecule has 1 fully saturated rings. The molecule has 0 unspecified atom stereocenters. The van der Waals surface area contributed by atoms with Crippen molar-refractivity contribution in [3.8, 4) is 0 Å². The molecule has 0 bridgehead atoms. The van der Waals surface area contributed by atoms with Crippen molar-refractivity contribution in [1.29, 1.82) is 0 Å². The summed E-state index contributed by atoms with van der Waals surface area (Å²) in [6, 6.07) is 16.0. The van der Waals surface area contributed by atoms with Gasteiger partial charge in [-0.15, -0.1) is 0 Å². The molecule has 0 saturated carbocycles. The van der Waals surface area contributed by atoms with Crippen molar-refractivity contribution in [2.24, 2.45) is 0 Å². The Balaban J connectivity index is 1.90. The topological polar surface area (TPSA) is 57.7 Å². The smallest absolute Gasteiger partial charge is 0.258 e. The zero-order valence-electron chi connectivity index (χ0n) is 16.4. The molecule has 0 aromatic heterocycles. The highest BCUT2D eigenvalue weighted by molar-refractivity contribution is 7.89. The van der Waals surface area contributed by atoms with Crippen LogP contribution in [0.1, 0.15) is 49.4 Å². The molecular weight excluding hydrogens is 372 g/mol. The molecule has 0 aliphatic carbocycles. The number of nitrogens with zero attached hydrogens (tertiary/aromatic N) is 2. The van der Waals surface area contributed by atoms with Crippen LogP contribution in [0.2, 0.25) is 0 Å². The summed E-state index contributed by atoms with van der Waals surface area (Å²) < 4.78 is 27.5. The zero-order valence-corrected chi connectivity index (χ0v) is 17.2. The van der Waals surface area contributed by atoms with Gasteiger partial charge in [0.1, 0.15) is 0 Å². The average molecular weight is 401 g/mol. The molecule has 1 aliphatic heterocycles. The van der Waals surface area contributed by atoms with Crippen LogP contribution in [0, 0.1) is 0 Å². The number of hydrogen-bond acceptors (Lipinski definition) is 3. The first-order valence-electron chi connectivity index (χ1n) is 10.0. The number of hydrogen-bond donors (Lipinski definition) is 0. The van der Waals surface area contributed by atoms with E-state index in [0.717, 1.165) is 37.8 Å². The Hall–Kier alpha value is -2.18. The Kier molecular flexibility index (Phi) is 6.86. The van der Waals surface area contributed by atoms with Crippen molar-refractivity contribution < 1.29 is 13.2 Å². The average Bonchev–Trinajstić information content (AvgIpc) is 2.75. The number of amides is 1. The Bertz CT molecular complexity index is 891. The lowest BCUT2D eigenvalue weighted by Crippen LogP contribution is -2.36. The van der Waals surface area contributed by atoms with Crippen molar-refractivity contribution in [3.05, 3.63) is 60.2 Å². The van der Waals surface area contributed by atoms with Crippen LogP contribution in [0.4, 0.5) is 5.69 Å². The number of para-hydroxylation sites is 1. The van der Waals surface area contributed by atoms with Crippen molar-refractivity contribution in [2.75, 3.05) is 24.5 Å². The van der Waals surface area contributed by atoms with E-state index in [4.69, 9.17) is 0 Å². The van der Waals surface area contributed by atoms with E-state index in [1.807, 2.05) is 30.3 Å². The SMILES string of the molecule is CCCCN(C(=O)c1cccc(S(=O)(=O)N2CCCCC2)c1)c1ccccc1. The van der Waals surface area contributed by atoms with E-state index in [0.29, 0.717) is 25.2 Å². The van der Waals surface area contributed by atoms with Crippen molar-refractivity contribution in [1.82, 2.24) is 4.31 Å². The van der Waals surface area contributed by atoms with Gasteiger partial charge in [0, 0.05) is 30.9 Å². The summed E-state index contributed by atoms with van der Waals surface area (Å²) >= 11 is 0. The maximum atomic E-state index is 13.2. The second kappa shape index (κ2) is 9.34. The molecule has 2 aromatic carbocycles. The Morgan fingerprint density at radius 3 is 2.39 bits per heavy atom. The number of carbonyl (C=O) groups is 1. The predicted molar refractivity (Wildman–Crippen MR) is 112 cm³/mol. The largest absolute Gasteiger partial charge is 0.308 e. The van der Waals surface area contributed by atoms with E-state index in [9.17, 15) is 13.2 Å². The van der Waals surface area contributed by atoms with Crippen LogP contribution in [-0.2, 0) is 10.0 Å². The van der Waals surface area contributed by atoms with E-state index in [1.165, 1.54) is 10.4 Å². The highest BCUT2D eigenvalue weighted by atomic mass is 32.2. The van der Waals surface area contributed by atoms with Crippen LogP contribution in [0.15, 0.2) is 59.5 Å². The third kappa shape index (κ3) is 4.62. The number of rotatable bonds is 7. The molecule has 1 amide bonds. The predicted octanol–water partition coefficient (Wildman–Crippen LogP) is 4.31. The highest BCUT2D eigenvalue weighted by Gasteiger charge is 2.27. The molecule has 1 heterocycles. The van der Waals surface area contributed by atoms with Crippen LogP contribution in [-0.4, -0.2) is 38.3 Å². The van der Waals surface area contributed by atoms with E-state index in [1.54, 1.807) is 23.1 Å². The van der Waals surface area contributed by atoms with Crippen LogP contribution in [0.3, 0.4) is 0 Å². The maximum Gasteiger partial charge on any atom is 0.258 e. The van der Waals surface area contributed by atoms with Gasteiger partial charge in [-0.05, 0) is 49.6 Å². The standard InChI is InChI=1S/C22H28N2O3S/c1-2-3-17-24(20-12-6-4-7-13-20)22(25)19-11-10-14-21(18-19)28(26,27)23-15-8-5-9-16-23/h4,6-7,10-14,18H,2-3,5,8-9,15-17H2,1H3. The van der Waals surface area contributed by atoms with Crippen LogP contribution >= 0.6 is 0 Å². The third-order valence-corrected chi connectivity index (χ3v) is 6.98. The van der Waals surface area contributed by atoms with Crippen molar-refractivity contribution in [3.63, 3.8) is 0 Å². The molecule has 2 aromatic rings. The number of unbranched alkanes of at least 4 members (excludes halogenated alkanes) is 1. The monoisotopic (exact) mass is 400 g/mol. The quantitative estimate of drug-likeness (QED) is 0.696. The molecule has 0 atom stereocenters. The molecule has 1 saturated heterocycles. The van der Waals surface area contributed by atoms with E-state index < -0.39 is 10.0 Å². The summed E-state index contributed by atoms with van der Waals surface area (Å²) in [6.07, 6.45) is 4.69. The highest BCUT2D eigenvalue weighted by Crippen LogP contribution is 2.23. The normalized spacial score (nSPS) is 15.3. The molecule has 6 heteroatoms. The Morgan fingerprint density at radius 2 is 1.71 bits per heavy atom. The fourth-order valence-corrected chi connectivity index (χ4v) is 5.04. The first-order valence-corrected chi connectivity index (χ1v) is 11.4. The van der Waals surface area contributed by atoms with Crippen LogP contribution in [0.5, 0.6) is 0 Å². The lowest BCUT2D eigenvalue weighted by molar-refractivity contribution is 0.0986. The van der Waals surface area contributed by atoms with Gasteiger partial charge in [0.05, 0.1) is 4.90 Å². The lowest BCUT2D eigenvalue weighted by atomic mass is 10.1. The summed E-state index contributed by atoms with van der Waals surface area (Å²) in [4.78, 5) is 15.2. The number of sulfonamides is 1. The van der Waals surface area contributed by atoms with Gasteiger partial charge in [0.15, 0.2) is 0 Å². The summed E-state index contributed by atoms with van der Waals surface area (Å²) in [5, 5.41) is 0. The molecule has 150 valence electrons. The lowest BCUT2D eigenvalue weighted by Gasteiger charge is -2.26. The second-order valence-electron chi connectivity index (χ2n) is 7.14. The van der Waals surface area contributed by atoms with Gasteiger partial charge >= 0.3 is 0 Å². The Morgan fingerprint density at radius 1 is 1.00 bits per heavy atom. The molecule has 0 radical (unpaired) electrons. The van der Waals surface area contributed by atoms with Gasteiger partial charge in [-0.3, -0.25) is 4.79 Å². The minimum atomic E-state index is -3.56. The molecule has 0 N–H and O–H groups in total. The van der Waals surface area contributed by atoms with Gasteiger partial charge in [-0.2, -0.15) is 4.31 Å². The summed E-state index contributed by atoms with van der Waals surface area (Å²) in [5.74, 6) is -0.171. The van der Waals surface area contributed by atoms with Crippen molar-refractivity contribution in [2.45, 2.75) is 43.9 Å². The summed E-state index contributed by atoms with van der Waals surface area (Å²) in [7, 11) is -3.56. The van der Waals surface area contributed by atoms with Gasteiger partial charge in [-0.25, -0.2) is 8.42 Å². The first kappa shape index (κ1) is 20.6. The molecule has 28 heavy (non-hydrogen) atoms. The fourth-order valence-electron chi connectivity index (χ4n) is 3.47. The van der Waals surface area contributed by atoms with E-state index in [2.05, 4.69) is 6.92 Å². The number of carbonyl (C=O) groups excluding carboxylic acids is 1. The minimum Gasteiger partial charge on any atom is -0.308 e. The minimum absolute atomic E-state index is 0.171. The summed E-state index contributed by atoms with van der Waals surface area (Å²) in [5.41, 5.74) is 1.23. The number of anilines is 1. The molecule has 0 spiro atoms. The second-order valence-corrected chi connectivity index (χ2v) is 9.08. The molecule has 3 rings (SSSR count).